The number of nitrogens with one attached hydrogen (secondary N) is 2. The molecule has 0 saturated heterocycles. The smallest absolute Gasteiger partial charge is 0.251 e. The van der Waals surface area contributed by atoms with Crippen molar-refractivity contribution >= 4 is 75.7 Å². The van der Waals surface area contributed by atoms with Gasteiger partial charge in [-0.25, -0.2) is 0 Å². The molecule has 1 aromatic heterocycles. The summed E-state index contributed by atoms with van der Waals surface area (Å²) in [7, 11) is 0. The predicted octanol–water partition coefficient (Wildman–Crippen LogP) is 5.74. The Morgan fingerprint density at radius 3 is 2.42 bits per heavy atom. The first-order chi connectivity index (χ1) is 15.8. The maximum Gasteiger partial charge on any atom is 0.251 e. The number of nitrogens with zero attached hydrogens (tertiary/aromatic N) is 3. The molecule has 0 radical (unpaired) electrons. The highest BCUT2D eigenvalue weighted by Gasteiger charge is 2.16. The number of aromatic nitrogens is 3. The summed E-state index contributed by atoms with van der Waals surface area (Å²) in [6.07, 6.45) is 1.67. The predicted molar refractivity (Wildman–Crippen MR) is 134 cm³/mol. The highest BCUT2D eigenvalue weighted by molar-refractivity contribution is 7.99. The Morgan fingerprint density at radius 2 is 1.73 bits per heavy atom. The molecule has 2 N–H and O–H groups in total. The van der Waals surface area contributed by atoms with Crippen LogP contribution in [0.3, 0.4) is 0 Å². The molecular formula is C21H17Cl4N5O2S. The summed E-state index contributed by atoms with van der Waals surface area (Å²) in [6, 6.07) is 9.48. The number of benzene rings is 2. The number of amides is 2. The van der Waals surface area contributed by atoms with Crippen molar-refractivity contribution in [2.24, 2.45) is 0 Å². The van der Waals surface area contributed by atoms with Gasteiger partial charge in [-0.3, -0.25) is 9.59 Å². The zero-order valence-electron chi connectivity index (χ0n) is 16.9. The largest absolute Gasteiger partial charge is 0.345 e. The van der Waals surface area contributed by atoms with Crippen molar-refractivity contribution in [3.8, 4) is 0 Å². The van der Waals surface area contributed by atoms with Crippen molar-refractivity contribution in [1.29, 1.82) is 0 Å². The van der Waals surface area contributed by atoms with Crippen LogP contribution in [0.2, 0.25) is 20.1 Å². The molecule has 0 saturated carbocycles. The SMILES string of the molecule is C=CCn1c(CNC(=O)c2ccc(Cl)cc2)nnc1SCC(=O)Nc1cc(Cl)c(Cl)cc1Cl. The summed E-state index contributed by atoms with van der Waals surface area (Å²) in [5.74, 6) is -0.0196. The summed E-state index contributed by atoms with van der Waals surface area (Å²) >= 11 is 25.0. The van der Waals surface area contributed by atoms with E-state index >= 15 is 0 Å². The maximum absolute atomic E-state index is 12.4. The number of carbonyl (C=O) groups is 2. The molecule has 0 spiro atoms. The summed E-state index contributed by atoms with van der Waals surface area (Å²) in [5, 5.41) is 15.6. The van der Waals surface area contributed by atoms with Crippen LogP contribution in [0.5, 0.6) is 0 Å². The molecular weight excluding hydrogens is 528 g/mol. The first kappa shape index (κ1) is 25.4. The minimum atomic E-state index is -0.314. The molecule has 3 aromatic rings. The number of halogens is 4. The van der Waals surface area contributed by atoms with Gasteiger partial charge in [0.05, 0.1) is 33.1 Å². The van der Waals surface area contributed by atoms with E-state index in [9.17, 15) is 9.59 Å². The monoisotopic (exact) mass is 543 g/mol. The van der Waals surface area contributed by atoms with Gasteiger partial charge >= 0.3 is 0 Å². The highest BCUT2D eigenvalue weighted by Crippen LogP contribution is 2.32. The van der Waals surface area contributed by atoms with Crippen molar-refractivity contribution in [2.75, 3.05) is 11.1 Å². The maximum atomic E-state index is 12.4. The Bertz CT molecular complexity index is 1180. The van der Waals surface area contributed by atoms with Gasteiger partial charge in [0.1, 0.15) is 0 Å². The van der Waals surface area contributed by atoms with Crippen LogP contribution in [0.4, 0.5) is 5.69 Å². The summed E-state index contributed by atoms with van der Waals surface area (Å²) in [6.45, 7) is 4.29. The average Bonchev–Trinajstić information content (AvgIpc) is 3.16. The molecule has 0 aliphatic carbocycles. The number of allylic oxidation sites excluding steroid dienone is 1. The highest BCUT2D eigenvalue weighted by atomic mass is 35.5. The molecule has 2 aromatic carbocycles. The van der Waals surface area contributed by atoms with Gasteiger partial charge in [-0.15, -0.1) is 16.8 Å². The Morgan fingerprint density at radius 1 is 1.03 bits per heavy atom. The van der Waals surface area contributed by atoms with Crippen LogP contribution < -0.4 is 10.6 Å². The lowest BCUT2D eigenvalue weighted by atomic mass is 10.2. The lowest BCUT2D eigenvalue weighted by Gasteiger charge is -2.10. The number of hydrogen-bond acceptors (Lipinski definition) is 5. The number of hydrogen-bond donors (Lipinski definition) is 2. The fourth-order valence-corrected chi connectivity index (χ4v) is 4.15. The Labute approximate surface area is 214 Å². The van der Waals surface area contributed by atoms with Crippen molar-refractivity contribution in [2.45, 2.75) is 18.2 Å². The molecule has 0 atom stereocenters. The summed E-state index contributed by atoms with van der Waals surface area (Å²) in [4.78, 5) is 24.7. The van der Waals surface area contributed by atoms with E-state index < -0.39 is 0 Å². The van der Waals surface area contributed by atoms with Gasteiger partial charge in [0.15, 0.2) is 11.0 Å². The van der Waals surface area contributed by atoms with E-state index in [1.165, 1.54) is 23.9 Å². The zero-order valence-corrected chi connectivity index (χ0v) is 20.8. The third kappa shape index (κ3) is 6.88. The molecule has 172 valence electrons. The fraction of sp³-hybridized carbons (Fsp3) is 0.143. The van der Waals surface area contributed by atoms with Gasteiger partial charge in [0.25, 0.3) is 5.91 Å². The zero-order chi connectivity index (χ0) is 24.0. The van der Waals surface area contributed by atoms with Crippen molar-refractivity contribution in [1.82, 2.24) is 20.1 Å². The van der Waals surface area contributed by atoms with Gasteiger partial charge in [-0.05, 0) is 36.4 Å². The van der Waals surface area contributed by atoms with Crippen LogP contribution in [-0.4, -0.2) is 32.3 Å². The number of carbonyl (C=O) groups excluding carboxylic acids is 2. The number of anilines is 1. The van der Waals surface area contributed by atoms with E-state index in [4.69, 9.17) is 46.4 Å². The van der Waals surface area contributed by atoms with Crippen LogP contribution >= 0.6 is 58.2 Å². The Kier molecular flexibility index (Phi) is 9.05. The van der Waals surface area contributed by atoms with E-state index in [1.807, 2.05) is 0 Å². The third-order valence-corrected chi connectivity index (χ3v) is 6.49. The van der Waals surface area contributed by atoms with Gasteiger partial charge in [-0.2, -0.15) is 0 Å². The minimum Gasteiger partial charge on any atom is -0.345 e. The molecule has 3 rings (SSSR count). The lowest BCUT2D eigenvalue weighted by molar-refractivity contribution is -0.113. The van der Waals surface area contributed by atoms with E-state index in [2.05, 4.69) is 27.4 Å². The lowest BCUT2D eigenvalue weighted by Crippen LogP contribution is -2.24. The van der Waals surface area contributed by atoms with Crippen LogP contribution in [0.15, 0.2) is 54.2 Å². The molecule has 0 bridgehead atoms. The second-order valence-corrected chi connectivity index (χ2v) is 9.17. The molecule has 2 amide bonds. The van der Waals surface area contributed by atoms with Crippen molar-refractivity contribution in [3.05, 3.63) is 80.5 Å². The fourth-order valence-electron chi connectivity index (χ4n) is 2.67. The van der Waals surface area contributed by atoms with Crippen LogP contribution in [0.1, 0.15) is 16.2 Å². The van der Waals surface area contributed by atoms with E-state index in [1.54, 1.807) is 34.9 Å². The molecule has 0 aliphatic rings. The Balaban J connectivity index is 1.62. The molecule has 0 fully saturated rings. The van der Waals surface area contributed by atoms with E-state index in [-0.39, 0.29) is 34.2 Å². The van der Waals surface area contributed by atoms with Crippen LogP contribution in [-0.2, 0) is 17.9 Å². The van der Waals surface area contributed by atoms with Gasteiger partial charge in [0.2, 0.25) is 5.91 Å². The quantitative estimate of drug-likeness (QED) is 0.204. The topological polar surface area (TPSA) is 88.9 Å². The second kappa shape index (κ2) is 11.8. The van der Waals surface area contributed by atoms with Crippen LogP contribution in [0.25, 0.3) is 0 Å². The Hall–Kier alpha value is -2.23. The van der Waals surface area contributed by atoms with Gasteiger partial charge < -0.3 is 15.2 Å². The van der Waals surface area contributed by atoms with Crippen molar-refractivity contribution < 1.29 is 9.59 Å². The molecule has 0 aliphatic heterocycles. The minimum absolute atomic E-state index is 0.0446. The van der Waals surface area contributed by atoms with Crippen molar-refractivity contribution in [3.63, 3.8) is 0 Å². The third-order valence-electron chi connectivity index (χ3n) is 4.24. The second-order valence-electron chi connectivity index (χ2n) is 6.57. The molecule has 12 heteroatoms. The number of rotatable bonds is 9. The van der Waals surface area contributed by atoms with E-state index in [0.717, 1.165) is 0 Å². The standard InChI is InChI=1S/C21H17Cl4N5O2S/c1-2-7-30-18(10-26-20(32)12-3-5-13(22)6-4-12)28-29-21(30)33-11-19(31)27-17-9-15(24)14(23)8-16(17)25/h2-6,8-9H,1,7,10-11H2,(H,26,32)(H,27,31). The molecule has 1 heterocycles. The van der Waals surface area contributed by atoms with Gasteiger partial charge in [-0.1, -0.05) is 64.2 Å². The normalized spacial score (nSPS) is 10.7. The van der Waals surface area contributed by atoms with Gasteiger partial charge in [0, 0.05) is 17.1 Å². The summed E-state index contributed by atoms with van der Waals surface area (Å²) < 4.78 is 1.76. The molecule has 0 unspecified atom stereocenters. The molecule has 7 nitrogen and oxygen atoms in total. The number of thioether (sulfide) groups is 1. The molecule has 33 heavy (non-hydrogen) atoms. The summed E-state index contributed by atoms with van der Waals surface area (Å²) in [5.41, 5.74) is 0.830. The average molecular weight is 545 g/mol. The van der Waals surface area contributed by atoms with E-state index in [0.29, 0.717) is 38.8 Å². The van der Waals surface area contributed by atoms with Crippen LogP contribution in [0, 0.1) is 0 Å². The first-order valence-corrected chi connectivity index (χ1v) is 11.9. The first-order valence-electron chi connectivity index (χ1n) is 9.42.